The van der Waals surface area contributed by atoms with E-state index in [4.69, 9.17) is 11.6 Å². The van der Waals surface area contributed by atoms with Gasteiger partial charge >= 0.3 is 0 Å². The van der Waals surface area contributed by atoms with Crippen molar-refractivity contribution in [3.05, 3.63) is 106 Å². The van der Waals surface area contributed by atoms with Gasteiger partial charge in [-0.1, -0.05) is 23.7 Å². The monoisotopic (exact) mass is 485 g/mol. The molecule has 1 amide bonds. The molecule has 0 bridgehead atoms. The second-order valence-corrected chi connectivity index (χ2v) is 7.42. The summed E-state index contributed by atoms with van der Waals surface area (Å²) >= 11 is 5.98. The summed E-state index contributed by atoms with van der Waals surface area (Å²) in [5.41, 5.74) is 1.27. The zero-order chi connectivity index (χ0) is 22.7. The number of carbonyl (C=O) groups is 1. The van der Waals surface area contributed by atoms with Crippen LogP contribution in [0.15, 0.2) is 78.0 Å². The Labute approximate surface area is 199 Å². The third-order valence-corrected chi connectivity index (χ3v) is 5.04. The van der Waals surface area contributed by atoms with Gasteiger partial charge in [-0.15, -0.1) is 12.4 Å². The normalized spacial score (nSPS) is 11.4. The Morgan fingerprint density at radius 2 is 1.88 bits per heavy atom. The van der Waals surface area contributed by atoms with Crippen LogP contribution in [0.25, 0.3) is 16.9 Å². The molecule has 0 saturated heterocycles. The molecule has 33 heavy (non-hydrogen) atoms. The summed E-state index contributed by atoms with van der Waals surface area (Å²) in [4.78, 5) is 33.7. The molecule has 3 aromatic heterocycles. The van der Waals surface area contributed by atoms with Gasteiger partial charge in [-0.2, -0.15) is 14.2 Å². The summed E-state index contributed by atoms with van der Waals surface area (Å²) in [6, 6.07) is 13.9. The molecule has 0 saturated carbocycles. The first-order valence-electron chi connectivity index (χ1n) is 9.65. The quantitative estimate of drug-likeness (QED) is 0.423. The van der Waals surface area contributed by atoms with Gasteiger partial charge in [0.15, 0.2) is 0 Å². The summed E-state index contributed by atoms with van der Waals surface area (Å²) < 4.78 is 14.6. The molecule has 0 aliphatic rings. The molecule has 1 aromatic carbocycles. The van der Waals surface area contributed by atoms with Crippen LogP contribution in [0.1, 0.15) is 28.9 Å². The van der Waals surface area contributed by atoms with E-state index in [9.17, 15) is 14.0 Å². The predicted molar refractivity (Wildman–Crippen MR) is 125 cm³/mol. The van der Waals surface area contributed by atoms with Crippen molar-refractivity contribution in [2.75, 3.05) is 0 Å². The van der Waals surface area contributed by atoms with Gasteiger partial charge in [0, 0.05) is 23.0 Å². The molecular formula is C23H18Cl2FN5O2. The maximum absolute atomic E-state index is 13.5. The minimum absolute atomic E-state index is 0. The molecule has 0 fully saturated rings. The Bertz CT molecular complexity index is 1330. The third kappa shape index (κ3) is 5.42. The first-order valence-corrected chi connectivity index (χ1v) is 10.0. The molecule has 0 aliphatic carbocycles. The SMILES string of the molecule is C[C@H](NC(=O)c1cc(-c2ccc(Cl)cc2)nn(-c2cccnc2)c1=O)c1ccnc(F)c1.Cl. The minimum Gasteiger partial charge on any atom is -0.345 e. The lowest BCUT2D eigenvalue weighted by Gasteiger charge is -2.15. The van der Waals surface area contributed by atoms with Gasteiger partial charge < -0.3 is 5.32 Å². The summed E-state index contributed by atoms with van der Waals surface area (Å²) in [5, 5.41) is 7.70. The molecule has 0 spiro atoms. The van der Waals surface area contributed by atoms with Gasteiger partial charge in [-0.25, -0.2) is 4.98 Å². The Hall–Kier alpha value is -3.62. The predicted octanol–water partition coefficient (Wildman–Crippen LogP) is 4.39. The highest BCUT2D eigenvalue weighted by Gasteiger charge is 2.20. The molecule has 4 rings (SSSR count). The minimum atomic E-state index is -0.656. The molecule has 168 valence electrons. The number of aromatic nitrogens is 4. The molecule has 3 heterocycles. The van der Waals surface area contributed by atoms with Gasteiger partial charge in [-0.3, -0.25) is 14.6 Å². The van der Waals surface area contributed by atoms with Gasteiger partial charge in [0.25, 0.3) is 11.5 Å². The summed E-state index contributed by atoms with van der Waals surface area (Å²) in [6.45, 7) is 1.69. The molecule has 0 unspecified atom stereocenters. The van der Waals surface area contributed by atoms with E-state index < -0.39 is 23.5 Å². The molecule has 0 radical (unpaired) electrons. The molecule has 1 N–H and O–H groups in total. The zero-order valence-corrected chi connectivity index (χ0v) is 18.8. The van der Waals surface area contributed by atoms with Crippen molar-refractivity contribution in [2.45, 2.75) is 13.0 Å². The highest BCUT2D eigenvalue weighted by Crippen LogP contribution is 2.21. The first kappa shape index (κ1) is 24.0. The van der Waals surface area contributed by atoms with Gasteiger partial charge in [0.2, 0.25) is 5.95 Å². The van der Waals surface area contributed by atoms with Crippen LogP contribution in [-0.2, 0) is 0 Å². The van der Waals surface area contributed by atoms with Gasteiger partial charge in [-0.05, 0) is 55.0 Å². The van der Waals surface area contributed by atoms with Crippen molar-refractivity contribution in [3.8, 4) is 16.9 Å². The Morgan fingerprint density at radius 3 is 2.55 bits per heavy atom. The van der Waals surface area contributed by atoms with Crippen molar-refractivity contribution in [1.82, 2.24) is 25.1 Å². The van der Waals surface area contributed by atoms with Crippen LogP contribution in [0.3, 0.4) is 0 Å². The maximum atomic E-state index is 13.5. The second-order valence-electron chi connectivity index (χ2n) is 6.99. The van der Waals surface area contributed by atoms with Crippen molar-refractivity contribution in [3.63, 3.8) is 0 Å². The average molecular weight is 486 g/mol. The number of nitrogens with one attached hydrogen (secondary N) is 1. The number of halogens is 3. The third-order valence-electron chi connectivity index (χ3n) is 4.78. The number of amides is 1. The van der Waals surface area contributed by atoms with Crippen LogP contribution in [-0.4, -0.2) is 25.7 Å². The number of carbonyl (C=O) groups excluding carboxylic acids is 1. The van der Waals surface area contributed by atoms with Gasteiger partial charge in [0.1, 0.15) is 5.56 Å². The number of benzene rings is 1. The lowest BCUT2D eigenvalue weighted by Crippen LogP contribution is -2.35. The van der Waals surface area contributed by atoms with Crippen LogP contribution in [0.2, 0.25) is 5.02 Å². The Morgan fingerprint density at radius 1 is 1.12 bits per heavy atom. The van der Waals surface area contributed by atoms with E-state index in [1.165, 1.54) is 24.5 Å². The van der Waals surface area contributed by atoms with Crippen LogP contribution >= 0.6 is 24.0 Å². The van der Waals surface area contributed by atoms with Crippen molar-refractivity contribution < 1.29 is 9.18 Å². The van der Waals surface area contributed by atoms with Crippen LogP contribution in [0, 0.1) is 5.95 Å². The Balaban J connectivity index is 0.00000306. The van der Waals surface area contributed by atoms with E-state index in [1.54, 1.807) is 55.6 Å². The second kappa shape index (κ2) is 10.3. The maximum Gasteiger partial charge on any atom is 0.284 e. The van der Waals surface area contributed by atoms with E-state index >= 15 is 0 Å². The summed E-state index contributed by atoms with van der Waals surface area (Å²) in [7, 11) is 0. The first-order chi connectivity index (χ1) is 15.4. The zero-order valence-electron chi connectivity index (χ0n) is 17.3. The number of hydrogen-bond acceptors (Lipinski definition) is 5. The highest BCUT2D eigenvalue weighted by atomic mass is 35.5. The lowest BCUT2D eigenvalue weighted by atomic mass is 10.1. The number of rotatable bonds is 5. The molecular weight excluding hydrogens is 468 g/mol. The summed E-state index contributed by atoms with van der Waals surface area (Å²) in [5.74, 6) is -1.27. The average Bonchev–Trinajstić information content (AvgIpc) is 2.80. The van der Waals surface area contributed by atoms with Crippen LogP contribution < -0.4 is 10.9 Å². The standard InChI is InChI=1S/C23H17ClFN5O2.ClH/c1-14(16-8-10-27-21(25)11-16)28-22(31)19-12-20(15-4-6-17(24)7-5-15)29-30(23(19)32)18-3-2-9-26-13-18;/h2-14H,1H3,(H,28,31);1H/t14-;/m0./s1. The fourth-order valence-corrected chi connectivity index (χ4v) is 3.24. The fraction of sp³-hybridized carbons (Fsp3) is 0.0870. The topological polar surface area (TPSA) is 89.8 Å². The summed E-state index contributed by atoms with van der Waals surface area (Å²) in [6.07, 6.45) is 4.36. The number of pyridine rings is 2. The van der Waals surface area contributed by atoms with Crippen LogP contribution in [0.4, 0.5) is 4.39 Å². The van der Waals surface area contributed by atoms with E-state index in [0.717, 1.165) is 4.68 Å². The number of nitrogens with zero attached hydrogens (tertiary/aromatic N) is 4. The largest absolute Gasteiger partial charge is 0.345 e. The van der Waals surface area contributed by atoms with Crippen LogP contribution in [0.5, 0.6) is 0 Å². The molecule has 4 aromatic rings. The van der Waals surface area contributed by atoms with E-state index in [1.807, 2.05) is 0 Å². The van der Waals surface area contributed by atoms with E-state index in [0.29, 0.717) is 27.5 Å². The highest BCUT2D eigenvalue weighted by molar-refractivity contribution is 6.30. The van der Waals surface area contributed by atoms with Crippen molar-refractivity contribution >= 4 is 29.9 Å². The Kier molecular flexibility index (Phi) is 7.52. The lowest BCUT2D eigenvalue weighted by molar-refractivity contribution is 0.0937. The van der Waals surface area contributed by atoms with Crippen molar-refractivity contribution in [1.29, 1.82) is 0 Å². The van der Waals surface area contributed by atoms with E-state index in [-0.39, 0.29) is 18.0 Å². The molecule has 7 nitrogen and oxygen atoms in total. The molecule has 1 atom stereocenters. The van der Waals surface area contributed by atoms with Gasteiger partial charge in [0.05, 0.1) is 23.6 Å². The smallest absolute Gasteiger partial charge is 0.284 e. The molecule has 10 heteroatoms. The fourth-order valence-electron chi connectivity index (χ4n) is 3.12. The van der Waals surface area contributed by atoms with E-state index in [2.05, 4.69) is 20.4 Å². The number of hydrogen-bond donors (Lipinski definition) is 1. The van der Waals surface area contributed by atoms with Crippen molar-refractivity contribution in [2.24, 2.45) is 0 Å². The molecule has 0 aliphatic heterocycles.